The fraction of sp³-hybridized carbons (Fsp3) is 0.267. The molecule has 1 N–H and O–H groups in total. The number of carbonyl (C=O) groups excluding carboxylic acids is 1. The van der Waals surface area contributed by atoms with Gasteiger partial charge >= 0.3 is 5.97 Å². The van der Waals surface area contributed by atoms with E-state index in [1.807, 2.05) is 35.2 Å². The van der Waals surface area contributed by atoms with Crippen molar-refractivity contribution in [2.45, 2.75) is 13.5 Å². The van der Waals surface area contributed by atoms with Crippen LogP contribution in [0.4, 0.5) is 11.6 Å². The molecule has 1 aromatic carbocycles. The van der Waals surface area contributed by atoms with E-state index in [0.717, 1.165) is 12.2 Å². The average molecular weight is 284 g/mol. The first-order valence-electron chi connectivity index (χ1n) is 6.86. The number of hydrogen-bond acceptors (Lipinski definition) is 5. The number of rotatable bonds is 3. The number of nitrogens with zero attached hydrogens (tertiary/aromatic N) is 3. The van der Waals surface area contributed by atoms with Crippen molar-refractivity contribution in [3.8, 4) is 0 Å². The van der Waals surface area contributed by atoms with Gasteiger partial charge < -0.3 is 9.64 Å². The molecule has 2 heterocycles. The fourth-order valence-electron chi connectivity index (χ4n) is 2.44. The van der Waals surface area contributed by atoms with Gasteiger partial charge in [0.25, 0.3) is 0 Å². The third kappa shape index (κ3) is 2.29. The molecular weight excluding hydrogens is 268 g/mol. The van der Waals surface area contributed by atoms with E-state index in [1.54, 1.807) is 11.5 Å². The quantitative estimate of drug-likeness (QED) is 0.871. The van der Waals surface area contributed by atoms with Gasteiger partial charge in [-0.3, -0.25) is 9.98 Å². The molecule has 0 saturated carbocycles. The van der Waals surface area contributed by atoms with Crippen LogP contribution >= 0.6 is 0 Å². The van der Waals surface area contributed by atoms with E-state index in [1.165, 1.54) is 6.20 Å². The number of anilines is 2. The van der Waals surface area contributed by atoms with Crippen LogP contribution in [0.5, 0.6) is 0 Å². The molecule has 0 bridgehead atoms. The highest BCUT2D eigenvalue weighted by Gasteiger charge is 2.24. The Morgan fingerprint density at radius 1 is 1.33 bits per heavy atom. The first-order chi connectivity index (χ1) is 10.2. The number of hydrogen-bond donors (Lipinski definition) is 1. The number of aromatic nitrogens is 2. The molecule has 1 aromatic heterocycles. The van der Waals surface area contributed by atoms with E-state index in [-0.39, 0.29) is 17.7 Å². The average Bonchev–Trinajstić information content (AvgIpc) is 2.93. The summed E-state index contributed by atoms with van der Waals surface area (Å²) in [5.74, 6) is 0.183. The van der Waals surface area contributed by atoms with Crippen LogP contribution < -0.4 is 10.4 Å². The van der Waals surface area contributed by atoms with E-state index in [2.05, 4.69) is 4.98 Å². The van der Waals surface area contributed by atoms with Gasteiger partial charge in [-0.1, -0.05) is 18.2 Å². The van der Waals surface area contributed by atoms with E-state index in [0.29, 0.717) is 12.5 Å². The molecule has 0 radical (unpaired) electrons. The van der Waals surface area contributed by atoms with Crippen molar-refractivity contribution in [1.82, 2.24) is 9.55 Å². The first-order valence-corrected chi connectivity index (χ1v) is 6.86. The minimum Gasteiger partial charge on any atom is -0.462 e. The van der Waals surface area contributed by atoms with E-state index in [4.69, 9.17) is 10.1 Å². The Balaban J connectivity index is 2.01. The van der Waals surface area contributed by atoms with Gasteiger partial charge in [-0.25, -0.2) is 9.78 Å². The number of esters is 1. The summed E-state index contributed by atoms with van der Waals surface area (Å²) >= 11 is 0. The zero-order valence-electron chi connectivity index (χ0n) is 11.7. The summed E-state index contributed by atoms with van der Waals surface area (Å²) in [6.45, 7) is 3.39. The molecule has 0 spiro atoms. The van der Waals surface area contributed by atoms with Crippen molar-refractivity contribution in [1.29, 1.82) is 5.41 Å². The lowest BCUT2D eigenvalue weighted by Crippen LogP contribution is -2.27. The van der Waals surface area contributed by atoms with E-state index >= 15 is 0 Å². The van der Waals surface area contributed by atoms with Gasteiger partial charge in [-0.05, 0) is 19.1 Å². The number of ether oxygens (including phenoxy) is 1. The molecule has 0 atom stereocenters. The molecule has 108 valence electrons. The highest BCUT2D eigenvalue weighted by atomic mass is 16.5. The predicted molar refractivity (Wildman–Crippen MR) is 77.5 cm³/mol. The molecule has 21 heavy (non-hydrogen) atoms. The van der Waals surface area contributed by atoms with Gasteiger partial charge in [0.1, 0.15) is 11.1 Å². The molecule has 6 nitrogen and oxygen atoms in total. The molecule has 2 aromatic rings. The van der Waals surface area contributed by atoms with Crippen molar-refractivity contribution in [3.05, 3.63) is 47.6 Å². The summed E-state index contributed by atoms with van der Waals surface area (Å²) in [5.41, 5.74) is 1.38. The summed E-state index contributed by atoms with van der Waals surface area (Å²) in [6.07, 6.45) is 1.42. The van der Waals surface area contributed by atoms with Gasteiger partial charge in [-0.2, -0.15) is 0 Å². The second-order valence-electron chi connectivity index (χ2n) is 4.68. The number of nitrogens with one attached hydrogen (secondary N) is 1. The minimum absolute atomic E-state index is 0.150. The zero-order valence-corrected chi connectivity index (χ0v) is 11.7. The highest BCUT2D eigenvalue weighted by molar-refractivity contribution is 5.88. The van der Waals surface area contributed by atoms with Crippen LogP contribution in [-0.4, -0.2) is 28.7 Å². The largest absolute Gasteiger partial charge is 0.462 e. The van der Waals surface area contributed by atoms with Crippen LogP contribution in [-0.2, 0) is 11.3 Å². The Morgan fingerprint density at radius 2 is 2.10 bits per heavy atom. The normalized spacial score (nSPS) is 13.1. The molecule has 1 aliphatic heterocycles. The minimum atomic E-state index is -0.497. The lowest BCUT2D eigenvalue weighted by Gasteiger charge is -2.17. The summed E-state index contributed by atoms with van der Waals surface area (Å²) in [7, 11) is 0. The molecule has 0 fully saturated rings. The van der Waals surface area contributed by atoms with Crippen molar-refractivity contribution < 1.29 is 9.53 Å². The smallest absolute Gasteiger partial charge is 0.343 e. The molecule has 6 heteroatoms. The van der Waals surface area contributed by atoms with Gasteiger partial charge in [-0.15, -0.1) is 0 Å². The Labute approximate surface area is 122 Å². The maximum atomic E-state index is 11.8. The highest BCUT2D eigenvalue weighted by Crippen LogP contribution is 2.26. The molecular formula is C15H16N4O2. The standard InChI is InChI=1S/C15H16N4O2/c1-2-21-14(20)12-10-17-15-18(8-9-19(15)13(12)16)11-6-4-3-5-7-11/h3-7,10,16H,2,8-9H2,1H3. The molecule has 0 saturated heterocycles. The molecule has 1 aliphatic rings. The van der Waals surface area contributed by atoms with Crippen molar-refractivity contribution in [2.24, 2.45) is 0 Å². The van der Waals surface area contributed by atoms with Gasteiger partial charge in [0.05, 0.1) is 6.61 Å². The summed E-state index contributed by atoms with van der Waals surface area (Å²) in [6, 6.07) is 9.89. The Hall–Kier alpha value is -2.63. The molecule has 0 amide bonds. The monoisotopic (exact) mass is 284 g/mol. The maximum absolute atomic E-state index is 11.8. The second kappa shape index (κ2) is 5.40. The number of fused-ring (bicyclic) bond motifs is 1. The lowest BCUT2D eigenvalue weighted by atomic mass is 10.3. The van der Waals surface area contributed by atoms with E-state index < -0.39 is 5.97 Å². The van der Waals surface area contributed by atoms with Crippen LogP contribution in [0, 0.1) is 5.41 Å². The summed E-state index contributed by atoms with van der Waals surface area (Å²) in [4.78, 5) is 18.2. The number of benzene rings is 1. The Bertz CT molecular complexity index is 724. The molecule has 0 aliphatic carbocycles. The topological polar surface area (TPSA) is 71.2 Å². The van der Waals surface area contributed by atoms with Crippen molar-refractivity contribution in [3.63, 3.8) is 0 Å². The third-order valence-corrected chi connectivity index (χ3v) is 3.43. The predicted octanol–water partition coefficient (Wildman–Crippen LogP) is 1.69. The first kappa shape index (κ1) is 13.4. The Morgan fingerprint density at radius 3 is 2.81 bits per heavy atom. The lowest BCUT2D eigenvalue weighted by molar-refractivity contribution is 0.0522. The van der Waals surface area contributed by atoms with Crippen LogP contribution in [0.1, 0.15) is 17.3 Å². The van der Waals surface area contributed by atoms with Crippen LogP contribution in [0.3, 0.4) is 0 Å². The third-order valence-electron chi connectivity index (χ3n) is 3.43. The Kier molecular flexibility index (Phi) is 3.43. The van der Waals surface area contributed by atoms with Crippen molar-refractivity contribution >= 4 is 17.6 Å². The SMILES string of the molecule is CCOC(=O)c1cnc2n(c1=N)CCN2c1ccccc1. The summed E-state index contributed by atoms with van der Waals surface area (Å²) in [5, 5.41) is 8.18. The van der Waals surface area contributed by atoms with Crippen LogP contribution in [0.15, 0.2) is 36.5 Å². The van der Waals surface area contributed by atoms with Crippen LogP contribution in [0.2, 0.25) is 0 Å². The molecule has 0 unspecified atom stereocenters. The fourth-order valence-corrected chi connectivity index (χ4v) is 2.44. The number of carbonyl (C=O) groups is 1. The van der Waals surface area contributed by atoms with Crippen molar-refractivity contribution in [2.75, 3.05) is 18.1 Å². The second-order valence-corrected chi connectivity index (χ2v) is 4.68. The number of para-hydroxylation sites is 1. The van der Waals surface area contributed by atoms with E-state index in [9.17, 15) is 4.79 Å². The van der Waals surface area contributed by atoms with Gasteiger partial charge in [0.2, 0.25) is 5.95 Å². The zero-order chi connectivity index (χ0) is 14.8. The molecule has 3 rings (SSSR count). The van der Waals surface area contributed by atoms with Gasteiger partial charge in [0.15, 0.2) is 0 Å². The van der Waals surface area contributed by atoms with Gasteiger partial charge in [0, 0.05) is 25.0 Å². The maximum Gasteiger partial charge on any atom is 0.343 e. The summed E-state index contributed by atoms with van der Waals surface area (Å²) < 4.78 is 6.69. The van der Waals surface area contributed by atoms with Crippen LogP contribution in [0.25, 0.3) is 0 Å².